The minimum atomic E-state index is -0.361. The molecular weight excluding hydrogens is 164 g/mol. The number of hydrogen-bond acceptors (Lipinski definition) is 2. The van der Waals surface area contributed by atoms with E-state index in [0.29, 0.717) is 19.3 Å². The zero-order chi connectivity index (χ0) is 9.84. The largest absolute Gasteiger partial charge is 0.393 e. The van der Waals surface area contributed by atoms with E-state index in [-0.39, 0.29) is 12.2 Å². The highest BCUT2D eigenvalue weighted by Crippen LogP contribution is 2.23. The van der Waals surface area contributed by atoms with Crippen LogP contribution in [0.25, 0.3) is 0 Å². The Labute approximate surface area is 79.6 Å². The molecule has 2 unspecified atom stereocenters. The van der Waals surface area contributed by atoms with Gasteiger partial charge in [0.2, 0.25) is 0 Å². The molecule has 2 nitrogen and oxygen atoms in total. The van der Waals surface area contributed by atoms with E-state index in [1.54, 1.807) is 0 Å². The van der Waals surface area contributed by atoms with Crippen LogP contribution in [0.15, 0.2) is 23.3 Å². The summed E-state index contributed by atoms with van der Waals surface area (Å²) in [5, 5.41) is 18.8. The maximum atomic E-state index is 9.39. The van der Waals surface area contributed by atoms with E-state index < -0.39 is 0 Å². The van der Waals surface area contributed by atoms with Gasteiger partial charge in [-0.25, -0.2) is 0 Å². The SMILES string of the molecule is CC(C)=CC=C1CC(O)CC(O)C1. The second-order valence-corrected chi connectivity index (χ2v) is 4.02. The molecule has 2 heteroatoms. The topological polar surface area (TPSA) is 40.5 Å². The zero-order valence-corrected chi connectivity index (χ0v) is 8.33. The molecule has 1 fully saturated rings. The van der Waals surface area contributed by atoms with Crippen molar-refractivity contribution in [2.24, 2.45) is 0 Å². The van der Waals surface area contributed by atoms with Crippen molar-refractivity contribution >= 4 is 0 Å². The van der Waals surface area contributed by atoms with E-state index in [1.807, 2.05) is 26.0 Å². The maximum absolute atomic E-state index is 9.39. The molecule has 0 aromatic heterocycles. The third kappa shape index (κ3) is 3.75. The Morgan fingerprint density at radius 3 is 2.23 bits per heavy atom. The summed E-state index contributed by atoms with van der Waals surface area (Å²) in [6.45, 7) is 4.07. The van der Waals surface area contributed by atoms with Gasteiger partial charge in [0, 0.05) is 0 Å². The van der Waals surface area contributed by atoms with Gasteiger partial charge in [-0.2, -0.15) is 0 Å². The van der Waals surface area contributed by atoms with Gasteiger partial charge in [0.15, 0.2) is 0 Å². The molecule has 2 N–H and O–H groups in total. The summed E-state index contributed by atoms with van der Waals surface area (Å²) in [5.41, 5.74) is 2.38. The molecule has 0 heterocycles. The molecule has 2 atom stereocenters. The molecule has 1 aliphatic carbocycles. The summed E-state index contributed by atoms with van der Waals surface area (Å²) < 4.78 is 0. The number of aliphatic hydroxyl groups is 2. The molecule has 0 bridgehead atoms. The fourth-order valence-corrected chi connectivity index (χ4v) is 1.59. The van der Waals surface area contributed by atoms with E-state index in [2.05, 4.69) is 0 Å². The highest BCUT2D eigenvalue weighted by molar-refractivity contribution is 5.18. The maximum Gasteiger partial charge on any atom is 0.0602 e. The van der Waals surface area contributed by atoms with Crippen molar-refractivity contribution in [2.45, 2.75) is 45.3 Å². The van der Waals surface area contributed by atoms with Crippen LogP contribution in [0, 0.1) is 0 Å². The smallest absolute Gasteiger partial charge is 0.0602 e. The van der Waals surface area contributed by atoms with Gasteiger partial charge in [-0.3, -0.25) is 0 Å². The van der Waals surface area contributed by atoms with E-state index in [1.165, 1.54) is 5.57 Å². The monoisotopic (exact) mass is 182 g/mol. The number of rotatable bonds is 1. The lowest BCUT2D eigenvalue weighted by Gasteiger charge is -2.24. The summed E-state index contributed by atoms with van der Waals surface area (Å²) in [6.07, 6.45) is 5.26. The van der Waals surface area contributed by atoms with Crippen LogP contribution < -0.4 is 0 Å². The van der Waals surface area contributed by atoms with Crippen molar-refractivity contribution in [1.29, 1.82) is 0 Å². The summed E-state index contributed by atoms with van der Waals surface area (Å²) in [7, 11) is 0. The van der Waals surface area contributed by atoms with Crippen LogP contribution in [0.2, 0.25) is 0 Å². The van der Waals surface area contributed by atoms with Gasteiger partial charge in [0.1, 0.15) is 0 Å². The van der Waals surface area contributed by atoms with E-state index in [4.69, 9.17) is 0 Å². The van der Waals surface area contributed by atoms with Gasteiger partial charge >= 0.3 is 0 Å². The Hall–Kier alpha value is -0.600. The number of aliphatic hydroxyl groups excluding tert-OH is 2. The molecular formula is C11H18O2. The Morgan fingerprint density at radius 1 is 1.23 bits per heavy atom. The zero-order valence-electron chi connectivity index (χ0n) is 8.33. The van der Waals surface area contributed by atoms with Gasteiger partial charge in [0.05, 0.1) is 12.2 Å². The third-order valence-electron chi connectivity index (χ3n) is 2.19. The van der Waals surface area contributed by atoms with Crippen molar-refractivity contribution in [3.05, 3.63) is 23.3 Å². The predicted octanol–water partition coefficient (Wildman–Crippen LogP) is 1.78. The number of allylic oxidation sites excluding steroid dienone is 3. The highest BCUT2D eigenvalue weighted by Gasteiger charge is 2.20. The molecule has 0 aliphatic heterocycles. The molecule has 0 saturated heterocycles. The van der Waals surface area contributed by atoms with Gasteiger partial charge in [-0.05, 0) is 33.1 Å². The molecule has 1 aliphatic rings. The summed E-state index contributed by atoms with van der Waals surface area (Å²) in [6, 6.07) is 0. The van der Waals surface area contributed by atoms with Gasteiger partial charge in [0.25, 0.3) is 0 Å². The predicted molar refractivity (Wildman–Crippen MR) is 53.4 cm³/mol. The first kappa shape index (κ1) is 10.5. The van der Waals surface area contributed by atoms with Gasteiger partial charge in [-0.1, -0.05) is 23.3 Å². The quantitative estimate of drug-likeness (QED) is 0.649. The summed E-state index contributed by atoms with van der Waals surface area (Å²) >= 11 is 0. The van der Waals surface area contributed by atoms with E-state index in [9.17, 15) is 10.2 Å². The van der Waals surface area contributed by atoms with Crippen LogP contribution in [0.4, 0.5) is 0 Å². The first-order chi connectivity index (χ1) is 6.08. The van der Waals surface area contributed by atoms with Crippen molar-refractivity contribution in [1.82, 2.24) is 0 Å². The third-order valence-corrected chi connectivity index (χ3v) is 2.19. The summed E-state index contributed by atoms with van der Waals surface area (Å²) in [4.78, 5) is 0. The molecule has 0 spiro atoms. The fraction of sp³-hybridized carbons (Fsp3) is 0.636. The molecule has 0 amide bonds. The Bertz CT molecular complexity index is 212. The Morgan fingerprint density at radius 2 is 1.77 bits per heavy atom. The lowest BCUT2D eigenvalue weighted by Crippen LogP contribution is -2.24. The van der Waals surface area contributed by atoms with Crippen LogP contribution in [0.3, 0.4) is 0 Å². The molecule has 1 saturated carbocycles. The average Bonchev–Trinajstić information content (AvgIpc) is 1.99. The molecule has 0 radical (unpaired) electrons. The van der Waals surface area contributed by atoms with Crippen LogP contribution in [0.1, 0.15) is 33.1 Å². The van der Waals surface area contributed by atoms with Crippen molar-refractivity contribution < 1.29 is 10.2 Å². The van der Waals surface area contributed by atoms with Crippen LogP contribution in [-0.4, -0.2) is 22.4 Å². The highest BCUT2D eigenvalue weighted by atomic mass is 16.3. The fourth-order valence-electron chi connectivity index (χ4n) is 1.59. The summed E-state index contributed by atoms with van der Waals surface area (Å²) in [5.74, 6) is 0. The number of hydrogen-bond donors (Lipinski definition) is 2. The molecule has 13 heavy (non-hydrogen) atoms. The van der Waals surface area contributed by atoms with Crippen molar-refractivity contribution in [3.8, 4) is 0 Å². The van der Waals surface area contributed by atoms with E-state index in [0.717, 1.165) is 5.57 Å². The lowest BCUT2D eigenvalue weighted by atomic mass is 9.90. The van der Waals surface area contributed by atoms with Crippen LogP contribution in [-0.2, 0) is 0 Å². The normalized spacial score (nSPS) is 28.5. The first-order valence-electron chi connectivity index (χ1n) is 4.77. The van der Waals surface area contributed by atoms with Crippen molar-refractivity contribution in [3.63, 3.8) is 0 Å². The average molecular weight is 182 g/mol. The standard InChI is InChI=1S/C11H18O2/c1-8(2)3-4-9-5-10(12)7-11(13)6-9/h3-4,10-13H,5-7H2,1-2H3. The second kappa shape index (κ2) is 4.58. The van der Waals surface area contributed by atoms with E-state index >= 15 is 0 Å². The lowest BCUT2D eigenvalue weighted by molar-refractivity contribution is 0.0609. The van der Waals surface area contributed by atoms with Crippen molar-refractivity contribution in [2.75, 3.05) is 0 Å². The Kier molecular flexibility index (Phi) is 3.70. The van der Waals surface area contributed by atoms with Gasteiger partial charge in [-0.15, -0.1) is 0 Å². The molecule has 1 rings (SSSR count). The minimum Gasteiger partial charge on any atom is -0.393 e. The molecule has 0 aromatic carbocycles. The first-order valence-corrected chi connectivity index (χ1v) is 4.77. The van der Waals surface area contributed by atoms with Gasteiger partial charge < -0.3 is 10.2 Å². The van der Waals surface area contributed by atoms with Crippen LogP contribution >= 0.6 is 0 Å². The van der Waals surface area contributed by atoms with Crippen LogP contribution in [0.5, 0.6) is 0 Å². The minimum absolute atomic E-state index is 0.361. The molecule has 74 valence electrons. The second-order valence-electron chi connectivity index (χ2n) is 4.02. The Balaban J connectivity index is 2.59. The molecule has 0 aromatic rings.